The molecule has 30 heavy (non-hydrogen) atoms. The molecule has 0 radical (unpaired) electrons. The van der Waals surface area contributed by atoms with E-state index >= 15 is 0 Å². The number of benzene rings is 2. The summed E-state index contributed by atoms with van der Waals surface area (Å²) in [5.74, 6) is -0.272. The van der Waals surface area contributed by atoms with E-state index < -0.39 is 5.97 Å². The molecule has 10 heteroatoms. The molecule has 1 heterocycles. The van der Waals surface area contributed by atoms with Crippen LogP contribution in [0.15, 0.2) is 47.6 Å². The molecule has 0 aliphatic heterocycles. The average Bonchev–Trinajstić information content (AvgIpc) is 3.15. The second-order valence-electron chi connectivity index (χ2n) is 6.23. The maximum atomic E-state index is 12.4. The maximum Gasteiger partial charge on any atom is 0.335 e. The van der Waals surface area contributed by atoms with Crippen molar-refractivity contribution in [2.45, 2.75) is 18.6 Å². The van der Waals surface area contributed by atoms with Crippen LogP contribution in [0.2, 0.25) is 0 Å². The summed E-state index contributed by atoms with van der Waals surface area (Å²) in [6.07, 6.45) is 0. The first-order chi connectivity index (χ1) is 14.4. The number of hydrogen-bond acceptors (Lipinski definition) is 7. The number of nitrogens with two attached hydrogens (primary N) is 1. The van der Waals surface area contributed by atoms with Crippen molar-refractivity contribution in [3.8, 4) is 17.1 Å². The minimum absolute atomic E-state index is 0.0534. The van der Waals surface area contributed by atoms with Crippen molar-refractivity contribution in [3.05, 3.63) is 48.0 Å². The third-order valence-electron chi connectivity index (χ3n) is 4.25. The summed E-state index contributed by atoms with van der Waals surface area (Å²) in [6.45, 7) is 2.60. The van der Waals surface area contributed by atoms with Gasteiger partial charge < -0.3 is 25.5 Å². The number of rotatable bonds is 8. The predicted molar refractivity (Wildman–Crippen MR) is 115 cm³/mol. The van der Waals surface area contributed by atoms with Gasteiger partial charge in [-0.05, 0) is 49.4 Å². The van der Waals surface area contributed by atoms with Gasteiger partial charge in [0.05, 0.1) is 24.1 Å². The number of thioether (sulfide) groups is 1. The fourth-order valence-corrected chi connectivity index (χ4v) is 3.58. The zero-order chi connectivity index (χ0) is 21.7. The Balaban J connectivity index is 1.72. The SMILES string of the molecule is CCn1c(SCC(=O)Nc2cc(C(=O)O)ccc2OC)nnc1-c1ccc(N)cc1. The lowest BCUT2D eigenvalue weighted by Gasteiger charge is -2.11. The second kappa shape index (κ2) is 9.31. The van der Waals surface area contributed by atoms with Gasteiger partial charge in [0.25, 0.3) is 0 Å². The van der Waals surface area contributed by atoms with Gasteiger partial charge in [-0.3, -0.25) is 4.79 Å². The van der Waals surface area contributed by atoms with Crippen molar-refractivity contribution in [3.63, 3.8) is 0 Å². The number of carbonyl (C=O) groups is 2. The molecule has 0 saturated heterocycles. The first kappa shape index (κ1) is 21.2. The molecule has 0 aliphatic rings. The van der Waals surface area contributed by atoms with Crippen molar-refractivity contribution in [2.75, 3.05) is 23.9 Å². The third-order valence-corrected chi connectivity index (χ3v) is 5.22. The normalized spacial score (nSPS) is 10.6. The molecule has 9 nitrogen and oxygen atoms in total. The van der Waals surface area contributed by atoms with Crippen LogP contribution in [0.4, 0.5) is 11.4 Å². The van der Waals surface area contributed by atoms with Crippen LogP contribution in [-0.4, -0.2) is 44.6 Å². The third kappa shape index (κ3) is 4.71. The van der Waals surface area contributed by atoms with E-state index in [1.54, 1.807) is 12.1 Å². The van der Waals surface area contributed by atoms with E-state index in [1.807, 2.05) is 23.6 Å². The lowest BCUT2D eigenvalue weighted by atomic mass is 10.2. The van der Waals surface area contributed by atoms with Gasteiger partial charge in [-0.2, -0.15) is 0 Å². The number of ether oxygens (including phenoxy) is 1. The Morgan fingerprint density at radius 2 is 1.93 bits per heavy atom. The van der Waals surface area contributed by atoms with Crippen LogP contribution in [0.5, 0.6) is 5.75 Å². The Hall–Kier alpha value is -3.53. The highest BCUT2D eigenvalue weighted by Crippen LogP contribution is 2.27. The molecule has 3 rings (SSSR count). The summed E-state index contributed by atoms with van der Waals surface area (Å²) >= 11 is 1.24. The quantitative estimate of drug-likeness (QED) is 0.369. The highest BCUT2D eigenvalue weighted by Gasteiger charge is 2.16. The molecule has 0 fully saturated rings. The Kier molecular flexibility index (Phi) is 6.58. The van der Waals surface area contributed by atoms with Gasteiger partial charge in [-0.25, -0.2) is 4.79 Å². The van der Waals surface area contributed by atoms with E-state index in [2.05, 4.69) is 15.5 Å². The van der Waals surface area contributed by atoms with Gasteiger partial charge in [0, 0.05) is 17.8 Å². The summed E-state index contributed by atoms with van der Waals surface area (Å²) in [6, 6.07) is 11.6. The summed E-state index contributed by atoms with van der Waals surface area (Å²) < 4.78 is 7.10. The molecular formula is C20H21N5O4S. The molecule has 0 unspecified atom stereocenters. The summed E-state index contributed by atoms with van der Waals surface area (Å²) in [4.78, 5) is 23.6. The van der Waals surface area contributed by atoms with Crippen LogP contribution in [0, 0.1) is 0 Å². The van der Waals surface area contributed by atoms with Crippen LogP contribution >= 0.6 is 11.8 Å². The molecule has 4 N–H and O–H groups in total. The number of nitrogens with zero attached hydrogens (tertiary/aromatic N) is 3. The summed E-state index contributed by atoms with van der Waals surface area (Å²) in [7, 11) is 1.45. The van der Waals surface area contributed by atoms with Crippen LogP contribution in [0.1, 0.15) is 17.3 Å². The van der Waals surface area contributed by atoms with Crippen molar-refractivity contribution in [2.24, 2.45) is 0 Å². The van der Waals surface area contributed by atoms with Crippen LogP contribution in [0.3, 0.4) is 0 Å². The highest BCUT2D eigenvalue weighted by molar-refractivity contribution is 7.99. The summed E-state index contributed by atoms with van der Waals surface area (Å²) in [5, 5.41) is 20.9. The van der Waals surface area contributed by atoms with Gasteiger partial charge in [0.1, 0.15) is 5.75 Å². The number of methoxy groups -OCH3 is 1. The van der Waals surface area contributed by atoms with Gasteiger partial charge in [-0.1, -0.05) is 11.8 Å². The van der Waals surface area contributed by atoms with E-state index in [4.69, 9.17) is 15.6 Å². The number of nitrogen functional groups attached to an aromatic ring is 1. The lowest BCUT2D eigenvalue weighted by molar-refractivity contribution is -0.113. The number of amides is 1. The predicted octanol–water partition coefficient (Wildman–Crippen LogP) is 2.98. The molecule has 2 aromatic carbocycles. The average molecular weight is 427 g/mol. The number of anilines is 2. The number of carbonyl (C=O) groups excluding carboxylic acids is 1. The Morgan fingerprint density at radius 1 is 1.20 bits per heavy atom. The number of carboxylic acid groups (broad SMARTS) is 1. The Labute approximate surface area is 177 Å². The number of aromatic carboxylic acids is 1. The Bertz CT molecular complexity index is 1070. The number of nitrogens with one attached hydrogen (secondary N) is 1. The largest absolute Gasteiger partial charge is 0.495 e. The van der Waals surface area contributed by atoms with E-state index in [1.165, 1.54) is 37.1 Å². The Morgan fingerprint density at radius 3 is 2.57 bits per heavy atom. The van der Waals surface area contributed by atoms with Crippen LogP contribution in [-0.2, 0) is 11.3 Å². The lowest BCUT2D eigenvalue weighted by Crippen LogP contribution is -2.16. The van der Waals surface area contributed by atoms with Gasteiger partial charge in [-0.15, -0.1) is 10.2 Å². The molecule has 1 amide bonds. The van der Waals surface area contributed by atoms with Crippen molar-refractivity contribution < 1.29 is 19.4 Å². The van der Waals surface area contributed by atoms with E-state index in [-0.39, 0.29) is 17.2 Å². The highest BCUT2D eigenvalue weighted by atomic mass is 32.2. The minimum atomic E-state index is -1.09. The molecule has 0 atom stereocenters. The molecule has 0 aliphatic carbocycles. The second-order valence-corrected chi connectivity index (χ2v) is 7.17. The van der Waals surface area contributed by atoms with Crippen molar-refractivity contribution in [1.29, 1.82) is 0 Å². The zero-order valence-electron chi connectivity index (χ0n) is 16.5. The first-order valence-corrected chi connectivity index (χ1v) is 10.0. The molecule has 3 aromatic rings. The molecule has 0 bridgehead atoms. The molecule has 0 saturated carbocycles. The van der Waals surface area contributed by atoms with Gasteiger partial charge in [0.2, 0.25) is 5.91 Å². The summed E-state index contributed by atoms with van der Waals surface area (Å²) in [5.41, 5.74) is 7.63. The van der Waals surface area contributed by atoms with Crippen LogP contribution < -0.4 is 15.8 Å². The number of aromatic nitrogens is 3. The van der Waals surface area contributed by atoms with Crippen LogP contribution in [0.25, 0.3) is 11.4 Å². The zero-order valence-corrected chi connectivity index (χ0v) is 17.3. The smallest absolute Gasteiger partial charge is 0.335 e. The van der Waals surface area contributed by atoms with E-state index in [9.17, 15) is 9.59 Å². The molecular weight excluding hydrogens is 406 g/mol. The van der Waals surface area contributed by atoms with E-state index in [0.717, 1.165) is 5.56 Å². The number of carboxylic acids is 1. The molecule has 1 aromatic heterocycles. The van der Waals surface area contributed by atoms with Gasteiger partial charge in [0.15, 0.2) is 11.0 Å². The monoisotopic (exact) mass is 427 g/mol. The molecule has 0 spiro atoms. The van der Waals surface area contributed by atoms with E-state index in [0.29, 0.717) is 34.6 Å². The molecule has 156 valence electrons. The topological polar surface area (TPSA) is 132 Å². The minimum Gasteiger partial charge on any atom is -0.495 e. The maximum absolute atomic E-state index is 12.4. The standard InChI is InChI=1S/C20H21N5O4S/c1-3-25-18(12-4-7-14(21)8-5-12)23-24-20(25)30-11-17(26)22-15-10-13(19(27)28)6-9-16(15)29-2/h4-10H,3,11,21H2,1-2H3,(H,22,26)(H,27,28). The fraction of sp³-hybridized carbons (Fsp3) is 0.200. The van der Waals surface area contributed by atoms with Gasteiger partial charge >= 0.3 is 5.97 Å². The van der Waals surface area contributed by atoms with Crippen molar-refractivity contribution in [1.82, 2.24) is 14.8 Å². The van der Waals surface area contributed by atoms with Crippen molar-refractivity contribution >= 4 is 35.0 Å². The first-order valence-electron chi connectivity index (χ1n) is 9.06. The number of hydrogen-bond donors (Lipinski definition) is 3. The fourth-order valence-electron chi connectivity index (χ4n) is 2.78.